The Labute approximate surface area is 139 Å². The van der Waals surface area contributed by atoms with Crippen LogP contribution in [0.3, 0.4) is 0 Å². The second kappa shape index (κ2) is 7.80. The highest BCUT2D eigenvalue weighted by Gasteiger charge is 2.20. The van der Waals surface area contributed by atoms with Crippen molar-refractivity contribution < 1.29 is 15.1 Å². The van der Waals surface area contributed by atoms with Gasteiger partial charge in [-0.05, 0) is 50.6 Å². The molecule has 0 fully saturated rings. The summed E-state index contributed by atoms with van der Waals surface area (Å²) in [5.74, 6) is 0. The van der Waals surface area contributed by atoms with Crippen LogP contribution in [0.1, 0.15) is 17.2 Å². The molecule has 0 aliphatic carbocycles. The second-order valence-corrected chi connectivity index (χ2v) is 7.01. The van der Waals surface area contributed by atoms with Crippen LogP contribution in [0.2, 0.25) is 0 Å². The van der Waals surface area contributed by atoms with Gasteiger partial charge in [0.25, 0.3) is 5.69 Å². The highest BCUT2D eigenvalue weighted by atomic mass is 79.9. The molecule has 22 heavy (non-hydrogen) atoms. The van der Waals surface area contributed by atoms with Gasteiger partial charge in [0.1, 0.15) is 0 Å². The van der Waals surface area contributed by atoms with Crippen molar-refractivity contribution in [3.63, 3.8) is 0 Å². The molecule has 1 aromatic heterocycles. The topological polar surface area (TPSA) is 95.6 Å². The van der Waals surface area contributed by atoms with Crippen LogP contribution in [-0.4, -0.2) is 27.8 Å². The molecule has 6 nitrogen and oxygen atoms in total. The number of thiophene rings is 1. The van der Waals surface area contributed by atoms with Crippen LogP contribution in [0.25, 0.3) is 0 Å². The van der Waals surface area contributed by atoms with E-state index >= 15 is 0 Å². The van der Waals surface area contributed by atoms with E-state index in [9.17, 15) is 20.3 Å². The Bertz CT molecular complexity index is 632. The molecule has 0 amide bonds. The Hall–Kier alpha value is -1.32. The summed E-state index contributed by atoms with van der Waals surface area (Å²) in [5, 5.41) is 35.4. The predicted octanol–water partition coefficient (Wildman–Crippen LogP) is 2.60. The molecule has 1 heterocycles. The maximum atomic E-state index is 10.6. The predicted molar refractivity (Wildman–Crippen MR) is 87.8 cm³/mol. The lowest BCUT2D eigenvalue weighted by atomic mass is 10.0. The van der Waals surface area contributed by atoms with Gasteiger partial charge in [-0.25, -0.2) is 0 Å². The molecular formula is C14H15BrN2O4S. The van der Waals surface area contributed by atoms with Crippen LogP contribution in [0.15, 0.2) is 39.5 Å². The molecule has 0 bridgehead atoms. The summed E-state index contributed by atoms with van der Waals surface area (Å²) < 4.78 is 1.01. The molecule has 0 unspecified atom stereocenters. The van der Waals surface area contributed by atoms with E-state index in [1.165, 1.54) is 24.3 Å². The minimum Gasteiger partial charge on any atom is -0.395 e. The molecule has 2 rings (SSSR count). The summed E-state index contributed by atoms with van der Waals surface area (Å²) in [6.45, 7) is 0.265. The largest absolute Gasteiger partial charge is 0.395 e. The Morgan fingerprint density at radius 1 is 1.36 bits per heavy atom. The number of halogens is 1. The zero-order valence-corrected chi connectivity index (χ0v) is 13.9. The van der Waals surface area contributed by atoms with Crippen LogP contribution in [0.5, 0.6) is 0 Å². The first-order valence-corrected chi connectivity index (χ1v) is 8.18. The van der Waals surface area contributed by atoms with E-state index in [4.69, 9.17) is 0 Å². The minimum absolute atomic E-state index is 0.0346. The molecule has 0 radical (unpaired) electrons. The third-order valence-corrected chi connectivity index (χ3v) is 4.77. The van der Waals surface area contributed by atoms with Crippen LogP contribution in [0.4, 0.5) is 5.69 Å². The molecule has 0 saturated carbocycles. The van der Waals surface area contributed by atoms with Crippen molar-refractivity contribution in [1.82, 2.24) is 5.32 Å². The maximum Gasteiger partial charge on any atom is 0.269 e. The van der Waals surface area contributed by atoms with Gasteiger partial charge in [0, 0.05) is 18.7 Å². The van der Waals surface area contributed by atoms with Gasteiger partial charge in [0.15, 0.2) is 0 Å². The average molecular weight is 387 g/mol. The van der Waals surface area contributed by atoms with E-state index in [0.717, 1.165) is 9.35 Å². The highest BCUT2D eigenvalue weighted by Crippen LogP contribution is 2.23. The average Bonchev–Trinajstić information content (AvgIpc) is 2.93. The van der Waals surface area contributed by atoms with Crippen LogP contribution >= 0.6 is 27.3 Å². The van der Waals surface area contributed by atoms with Gasteiger partial charge in [-0.2, -0.15) is 0 Å². The quantitative estimate of drug-likeness (QED) is 0.502. The van der Waals surface area contributed by atoms with Gasteiger partial charge in [0.2, 0.25) is 0 Å². The molecule has 0 aliphatic rings. The number of hydrogen-bond acceptors (Lipinski definition) is 6. The highest BCUT2D eigenvalue weighted by molar-refractivity contribution is 9.11. The zero-order valence-electron chi connectivity index (χ0n) is 11.5. The van der Waals surface area contributed by atoms with Gasteiger partial charge in [-0.3, -0.25) is 10.1 Å². The van der Waals surface area contributed by atoms with Crippen molar-refractivity contribution in [2.45, 2.75) is 18.7 Å². The van der Waals surface area contributed by atoms with Crippen molar-refractivity contribution in [3.05, 3.63) is 60.7 Å². The van der Waals surface area contributed by atoms with E-state index in [1.54, 1.807) is 11.3 Å². The number of aliphatic hydroxyl groups is 2. The van der Waals surface area contributed by atoms with E-state index in [0.29, 0.717) is 12.1 Å². The zero-order chi connectivity index (χ0) is 16.1. The van der Waals surface area contributed by atoms with Gasteiger partial charge >= 0.3 is 0 Å². The lowest BCUT2D eigenvalue weighted by molar-refractivity contribution is -0.384. The summed E-state index contributed by atoms with van der Waals surface area (Å²) in [5.41, 5.74) is 1.53. The molecule has 0 spiro atoms. The smallest absolute Gasteiger partial charge is 0.269 e. The Balaban J connectivity index is 2.01. The summed E-state index contributed by atoms with van der Waals surface area (Å²) in [6.07, 6.45) is -0.951. The normalized spacial score (nSPS) is 13.8. The number of benzene rings is 1. The van der Waals surface area contributed by atoms with E-state index < -0.39 is 17.1 Å². The first-order chi connectivity index (χ1) is 10.5. The number of nitrogens with one attached hydrogen (secondary N) is 1. The summed E-state index contributed by atoms with van der Waals surface area (Å²) >= 11 is 4.94. The second-order valence-electron chi connectivity index (χ2n) is 4.72. The molecule has 2 aromatic rings. The fourth-order valence-corrected chi connectivity index (χ4v) is 3.20. The summed E-state index contributed by atoms with van der Waals surface area (Å²) in [4.78, 5) is 10.1. The first-order valence-electron chi connectivity index (χ1n) is 6.51. The molecule has 118 valence electrons. The molecule has 3 N–H and O–H groups in total. The van der Waals surface area contributed by atoms with Crippen LogP contribution < -0.4 is 5.32 Å². The molecular weight excluding hydrogens is 372 g/mol. The van der Waals surface area contributed by atoms with Gasteiger partial charge < -0.3 is 15.5 Å². The Morgan fingerprint density at radius 3 is 2.55 bits per heavy atom. The Morgan fingerprint density at radius 2 is 2.05 bits per heavy atom. The maximum absolute atomic E-state index is 10.6. The molecule has 1 aromatic carbocycles. The number of nitrogens with zero attached hydrogens (tertiary/aromatic N) is 1. The third kappa shape index (κ3) is 4.34. The first kappa shape index (κ1) is 17.0. The lowest BCUT2D eigenvalue weighted by Crippen LogP contribution is -2.37. The van der Waals surface area contributed by atoms with Crippen LogP contribution in [-0.2, 0) is 6.54 Å². The number of nitro groups is 1. The summed E-state index contributed by atoms with van der Waals surface area (Å²) in [6, 6.07) is 7.07. The van der Waals surface area contributed by atoms with Gasteiger partial charge in [-0.15, -0.1) is 11.3 Å². The van der Waals surface area contributed by atoms with Crippen LogP contribution in [0, 0.1) is 10.1 Å². The third-order valence-electron chi connectivity index (χ3n) is 3.21. The molecule has 2 atom stereocenters. The summed E-state index contributed by atoms with van der Waals surface area (Å²) in [7, 11) is 0. The fourth-order valence-electron chi connectivity index (χ4n) is 1.99. The van der Waals surface area contributed by atoms with Crippen molar-refractivity contribution in [3.8, 4) is 0 Å². The van der Waals surface area contributed by atoms with Crippen molar-refractivity contribution in [2.75, 3.05) is 6.61 Å². The standard InChI is InChI=1S/C14H15BrN2O4S/c15-13-5-9(8-22-13)6-16-12(7-18)14(19)10-1-3-11(4-2-10)17(20)21/h1-5,8,12,14,16,18-19H,6-7H2/t12-,14-/m1/s1. The van der Waals surface area contributed by atoms with E-state index in [1.807, 2.05) is 11.4 Å². The monoisotopic (exact) mass is 386 g/mol. The number of aliphatic hydroxyl groups excluding tert-OH is 2. The molecule has 0 aliphatic heterocycles. The van der Waals surface area contributed by atoms with Crippen molar-refractivity contribution >= 4 is 33.0 Å². The number of rotatable bonds is 7. The number of hydrogen-bond donors (Lipinski definition) is 3. The van der Waals surface area contributed by atoms with Gasteiger partial charge in [-0.1, -0.05) is 0 Å². The van der Waals surface area contributed by atoms with Crippen molar-refractivity contribution in [1.29, 1.82) is 0 Å². The van der Waals surface area contributed by atoms with E-state index in [2.05, 4.69) is 21.2 Å². The number of nitro benzene ring substituents is 1. The van der Waals surface area contributed by atoms with Crippen molar-refractivity contribution in [2.24, 2.45) is 0 Å². The lowest BCUT2D eigenvalue weighted by Gasteiger charge is -2.22. The minimum atomic E-state index is -0.951. The molecule has 0 saturated heterocycles. The molecule has 8 heteroatoms. The number of non-ortho nitro benzene ring substituents is 1. The fraction of sp³-hybridized carbons (Fsp3) is 0.286. The van der Waals surface area contributed by atoms with Gasteiger partial charge in [0.05, 0.1) is 27.5 Å². The Kier molecular flexibility index (Phi) is 6.04. The SMILES string of the molecule is O=[N+]([O-])c1ccc([C@@H](O)[C@@H](CO)NCc2csc(Br)c2)cc1. The van der Waals surface area contributed by atoms with E-state index in [-0.39, 0.29) is 12.3 Å².